The van der Waals surface area contributed by atoms with Crippen molar-refractivity contribution in [2.24, 2.45) is 0 Å². The van der Waals surface area contributed by atoms with Crippen molar-refractivity contribution in [1.82, 2.24) is 4.90 Å². The molecule has 0 aromatic heterocycles. The third kappa shape index (κ3) is 7.05. The summed E-state index contributed by atoms with van der Waals surface area (Å²) in [6.45, 7) is 0.682. The van der Waals surface area contributed by atoms with Gasteiger partial charge in [-0.15, -0.1) is 0 Å². The van der Waals surface area contributed by atoms with Crippen LogP contribution in [0.2, 0.25) is 10.0 Å². The molecular weight excluding hydrogens is 576 g/mol. The van der Waals surface area contributed by atoms with E-state index in [0.29, 0.717) is 48.6 Å². The van der Waals surface area contributed by atoms with E-state index in [1.54, 1.807) is 23.1 Å². The summed E-state index contributed by atoms with van der Waals surface area (Å²) in [6, 6.07) is 13.3. The maximum atomic E-state index is 13.6. The van der Waals surface area contributed by atoms with Gasteiger partial charge in [-0.25, -0.2) is 21.6 Å². The quantitative estimate of drug-likeness (QED) is 0.320. The molecular formula is C27H25Cl2F3N2O4S. The van der Waals surface area contributed by atoms with Crippen LogP contribution >= 0.6 is 23.2 Å². The van der Waals surface area contributed by atoms with Crippen molar-refractivity contribution in [3.8, 4) is 11.1 Å². The summed E-state index contributed by atoms with van der Waals surface area (Å²) in [5.41, 5.74) is 2.41. The number of nitrogens with zero attached hydrogens (tertiary/aromatic N) is 2. The van der Waals surface area contributed by atoms with Gasteiger partial charge < -0.3 is 14.5 Å². The van der Waals surface area contributed by atoms with Crippen LogP contribution in [0.15, 0.2) is 59.5 Å². The van der Waals surface area contributed by atoms with Gasteiger partial charge in [-0.2, -0.15) is 0 Å². The Morgan fingerprint density at radius 1 is 0.974 bits per heavy atom. The molecule has 1 saturated heterocycles. The van der Waals surface area contributed by atoms with E-state index in [1.165, 1.54) is 36.4 Å². The van der Waals surface area contributed by atoms with E-state index in [1.807, 2.05) is 4.90 Å². The normalized spacial score (nSPS) is 14.2. The topological polar surface area (TPSA) is 66.9 Å². The largest absolute Gasteiger partial charge is 0.371 e. The molecule has 0 aliphatic carbocycles. The van der Waals surface area contributed by atoms with Gasteiger partial charge in [0.1, 0.15) is 12.4 Å². The second kappa shape index (κ2) is 12.2. The molecule has 1 amide bonds. The van der Waals surface area contributed by atoms with Gasteiger partial charge in [0.15, 0.2) is 9.84 Å². The Kier molecular flexibility index (Phi) is 9.10. The van der Waals surface area contributed by atoms with Gasteiger partial charge in [-0.3, -0.25) is 4.79 Å². The number of carbonyl (C=O) groups is 1. The fraction of sp³-hybridized carbons (Fsp3) is 0.296. The summed E-state index contributed by atoms with van der Waals surface area (Å²) in [6.07, 6.45) is -1.53. The fourth-order valence-electron chi connectivity index (χ4n) is 4.31. The number of piperazine rings is 1. The standard InChI is InChI=1S/C27H25Cl2F3N2O4S/c1-39(36,37)20-6-7-21(17-2-4-18(30)5-3-17)22(14-20)27(35)34-10-8-33(9-11-34)19-12-24(28)23(25(29)13-19)15-38-16-26(31)32/h2-7,12-14,26H,8-11,15-16H2,1H3. The second-order valence-electron chi connectivity index (χ2n) is 9.06. The van der Waals surface area contributed by atoms with Crippen molar-refractivity contribution in [1.29, 1.82) is 0 Å². The number of ether oxygens (including phenoxy) is 1. The van der Waals surface area contributed by atoms with Crippen LogP contribution in [0.4, 0.5) is 18.9 Å². The van der Waals surface area contributed by atoms with E-state index in [4.69, 9.17) is 27.9 Å². The van der Waals surface area contributed by atoms with Gasteiger partial charge in [-0.05, 0) is 47.5 Å². The number of rotatable bonds is 8. The molecule has 0 saturated carbocycles. The predicted octanol–water partition coefficient (Wildman–Crippen LogP) is 5.95. The van der Waals surface area contributed by atoms with Crippen LogP contribution in [0.3, 0.4) is 0 Å². The number of amides is 1. The number of halogens is 5. The lowest BCUT2D eigenvalue weighted by atomic mass is 9.98. The lowest BCUT2D eigenvalue weighted by molar-refractivity contribution is 0.00992. The number of carbonyl (C=O) groups excluding carboxylic acids is 1. The molecule has 0 atom stereocenters. The van der Waals surface area contributed by atoms with Crippen molar-refractivity contribution >= 4 is 44.6 Å². The summed E-state index contributed by atoms with van der Waals surface area (Å²) in [7, 11) is -3.57. The van der Waals surface area contributed by atoms with Gasteiger partial charge in [0, 0.05) is 59.3 Å². The zero-order chi connectivity index (χ0) is 28.3. The van der Waals surface area contributed by atoms with Crippen LogP contribution in [0, 0.1) is 5.82 Å². The zero-order valence-corrected chi connectivity index (χ0v) is 23.2. The maximum Gasteiger partial charge on any atom is 0.261 e. The van der Waals surface area contributed by atoms with Crippen molar-refractivity contribution in [3.05, 3.63) is 81.6 Å². The summed E-state index contributed by atoms with van der Waals surface area (Å²) in [5.74, 6) is -0.772. The average molecular weight is 601 g/mol. The first-order chi connectivity index (χ1) is 18.4. The first kappa shape index (κ1) is 29.2. The van der Waals surface area contributed by atoms with Crippen LogP contribution in [-0.4, -0.2) is 64.7 Å². The number of hydrogen-bond donors (Lipinski definition) is 0. The lowest BCUT2D eigenvalue weighted by Crippen LogP contribution is -2.49. The SMILES string of the molecule is CS(=O)(=O)c1ccc(-c2ccc(F)cc2)c(C(=O)N2CCN(c3cc(Cl)c(COCC(F)F)c(Cl)c3)CC2)c1. The number of hydrogen-bond acceptors (Lipinski definition) is 5. The first-order valence-electron chi connectivity index (χ1n) is 11.9. The average Bonchev–Trinajstić information content (AvgIpc) is 2.89. The highest BCUT2D eigenvalue weighted by Crippen LogP contribution is 2.33. The van der Waals surface area contributed by atoms with E-state index >= 15 is 0 Å². The number of sulfone groups is 1. The van der Waals surface area contributed by atoms with Crippen LogP contribution in [0.1, 0.15) is 15.9 Å². The van der Waals surface area contributed by atoms with Gasteiger partial charge >= 0.3 is 0 Å². The van der Waals surface area contributed by atoms with Crippen LogP contribution in [0.25, 0.3) is 11.1 Å². The Morgan fingerprint density at radius 2 is 1.59 bits per heavy atom. The van der Waals surface area contributed by atoms with Gasteiger partial charge in [0.05, 0.1) is 11.5 Å². The molecule has 1 fully saturated rings. The van der Waals surface area contributed by atoms with E-state index in [0.717, 1.165) is 6.26 Å². The molecule has 1 aliphatic heterocycles. The highest BCUT2D eigenvalue weighted by Gasteiger charge is 2.26. The number of benzene rings is 3. The van der Waals surface area contributed by atoms with Gasteiger partial charge in [0.25, 0.3) is 12.3 Å². The molecule has 1 aliphatic rings. The minimum Gasteiger partial charge on any atom is -0.371 e. The molecule has 0 spiro atoms. The number of anilines is 1. The first-order valence-corrected chi connectivity index (χ1v) is 14.6. The molecule has 1 heterocycles. The van der Waals surface area contributed by atoms with E-state index in [2.05, 4.69) is 0 Å². The van der Waals surface area contributed by atoms with E-state index < -0.39 is 28.7 Å². The van der Waals surface area contributed by atoms with Crippen LogP contribution in [-0.2, 0) is 21.2 Å². The molecule has 0 N–H and O–H groups in total. The molecule has 12 heteroatoms. The smallest absolute Gasteiger partial charge is 0.261 e. The summed E-state index contributed by atoms with van der Waals surface area (Å²) in [4.78, 5) is 17.2. The monoisotopic (exact) mass is 600 g/mol. The Bertz CT molecular complexity index is 1440. The minimum absolute atomic E-state index is 0.0113. The molecule has 39 heavy (non-hydrogen) atoms. The van der Waals surface area contributed by atoms with E-state index in [9.17, 15) is 26.4 Å². The lowest BCUT2D eigenvalue weighted by Gasteiger charge is -2.36. The summed E-state index contributed by atoms with van der Waals surface area (Å²) < 4.78 is 67.6. The Balaban J connectivity index is 1.52. The van der Waals surface area contributed by atoms with Gasteiger partial charge in [0.2, 0.25) is 0 Å². The van der Waals surface area contributed by atoms with Crippen molar-refractivity contribution < 1.29 is 31.1 Å². The zero-order valence-electron chi connectivity index (χ0n) is 20.8. The second-order valence-corrected chi connectivity index (χ2v) is 11.9. The molecule has 3 aromatic rings. The molecule has 6 nitrogen and oxygen atoms in total. The summed E-state index contributed by atoms with van der Waals surface area (Å²) >= 11 is 12.7. The molecule has 0 bridgehead atoms. The third-order valence-corrected chi connectivity index (χ3v) is 8.14. The molecule has 4 rings (SSSR count). The number of alkyl halides is 2. The minimum atomic E-state index is -3.57. The summed E-state index contributed by atoms with van der Waals surface area (Å²) in [5, 5.41) is 0.568. The maximum absolute atomic E-state index is 13.6. The third-order valence-electron chi connectivity index (χ3n) is 6.35. The predicted molar refractivity (Wildman–Crippen MR) is 145 cm³/mol. The van der Waals surface area contributed by atoms with Crippen LogP contribution < -0.4 is 4.90 Å². The van der Waals surface area contributed by atoms with Crippen LogP contribution in [0.5, 0.6) is 0 Å². The van der Waals surface area contributed by atoms with Crippen molar-refractivity contribution in [3.63, 3.8) is 0 Å². The molecule has 3 aromatic carbocycles. The van der Waals surface area contributed by atoms with E-state index in [-0.39, 0.29) is 33.0 Å². The highest BCUT2D eigenvalue weighted by molar-refractivity contribution is 7.90. The van der Waals surface area contributed by atoms with Crippen molar-refractivity contribution in [2.45, 2.75) is 17.9 Å². The molecule has 208 valence electrons. The Hall–Kier alpha value is -2.79. The Labute approximate surface area is 234 Å². The Morgan fingerprint density at radius 3 is 2.15 bits per heavy atom. The van der Waals surface area contributed by atoms with Crippen molar-refractivity contribution in [2.75, 3.05) is 43.9 Å². The fourth-order valence-corrected chi connectivity index (χ4v) is 5.54. The molecule has 0 radical (unpaired) electrons. The highest BCUT2D eigenvalue weighted by atomic mass is 35.5. The van der Waals surface area contributed by atoms with Gasteiger partial charge in [-0.1, -0.05) is 41.4 Å². The molecule has 0 unspecified atom stereocenters.